The second kappa shape index (κ2) is 16.4. The van der Waals surface area contributed by atoms with Crippen molar-refractivity contribution in [3.05, 3.63) is 65.2 Å². The van der Waals surface area contributed by atoms with Crippen LogP contribution in [0.5, 0.6) is 5.75 Å². The summed E-state index contributed by atoms with van der Waals surface area (Å²) >= 11 is 0. The lowest BCUT2D eigenvalue weighted by Crippen LogP contribution is -2.50. The predicted molar refractivity (Wildman–Crippen MR) is 160 cm³/mol. The number of morpholine rings is 1. The Bertz CT molecular complexity index is 1330. The molecule has 13 heteroatoms. The maximum Gasteiger partial charge on any atom is 0.255 e. The monoisotopic (exact) mass is 608 g/mol. The number of nitrogens with one attached hydrogen (secondary N) is 4. The molecule has 0 aromatic heterocycles. The average molecular weight is 609 g/mol. The SMILES string of the molecule is NC(=O)C[C@@H]1NC(=O)CC[C@@H](C(=O)NCc2cccc(CN3CCOCC3)c2)NC(=O)c2ccccc2OCCCNC1=O. The van der Waals surface area contributed by atoms with E-state index in [1.807, 2.05) is 24.3 Å². The van der Waals surface area contributed by atoms with E-state index in [4.69, 9.17) is 15.2 Å². The van der Waals surface area contributed by atoms with Crippen molar-refractivity contribution in [1.82, 2.24) is 26.2 Å². The van der Waals surface area contributed by atoms with E-state index in [0.29, 0.717) is 25.4 Å². The molecule has 2 heterocycles. The minimum atomic E-state index is -1.17. The maximum absolute atomic E-state index is 13.4. The third-order valence-corrected chi connectivity index (χ3v) is 7.32. The predicted octanol–water partition coefficient (Wildman–Crippen LogP) is -0.0273. The van der Waals surface area contributed by atoms with Gasteiger partial charge in [-0.25, -0.2) is 0 Å². The van der Waals surface area contributed by atoms with E-state index in [1.54, 1.807) is 24.3 Å². The Hall–Kier alpha value is -4.49. The zero-order valence-electron chi connectivity index (χ0n) is 24.6. The molecule has 2 aliphatic rings. The first-order valence-corrected chi connectivity index (χ1v) is 14.8. The molecule has 0 unspecified atom stereocenters. The van der Waals surface area contributed by atoms with Gasteiger partial charge in [-0.15, -0.1) is 0 Å². The molecule has 44 heavy (non-hydrogen) atoms. The van der Waals surface area contributed by atoms with Crippen molar-refractivity contribution in [2.45, 2.75) is 50.9 Å². The van der Waals surface area contributed by atoms with E-state index in [1.165, 1.54) is 0 Å². The zero-order chi connectivity index (χ0) is 31.3. The molecular formula is C31H40N6O7. The normalized spacial score (nSPS) is 20.7. The van der Waals surface area contributed by atoms with Gasteiger partial charge >= 0.3 is 0 Å². The topological polar surface area (TPSA) is 181 Å². The van der Waals surface area contributed by atoms with E-state index < -0.39 is 41.6 Å². The zero-order valence-corrected chi connectivity index (χ0v) is 24.6. The van der Waals surface area contributed by atoms with Crippen LogP contribution >= 0.6 is 0 Å². The molecule has 5 amide bonds. The molecule has 4 rings (SSSR count). The fourth-order valence-electron chi connectivity index (χ4n) is 4.99. The maximum atomic E-state index is 13.4. The fraction of sp³-hybridized carbons (Fsp3) is 0.452. The molecule has 2 atom stereocenters. The lowest BCUT2D eigenvalue weighted by Gasteiger charge is -2.26. The standard InChI is InChI=1S/C31H40N6O7/c32-27(38)18-25-31(42)33-11-4-14-44-26-8-2-1-7-23(26)29(40)36-24(9-10-28(39)35-25)30(41)34-19-21-5-3-6-22(17-21)20-37-12-15-43-16-13-37/h1-3,5-8,17,24-25H,4,9-16,18-20H2,(H2,32,38)(H,33,42)(H,34,41)(H,35,39)(H,36,40)/t24-,25-/m0/s1. The molecule has 2 aliphatic heterocycles. The first-order valence-electron chi connectivity index (χ1n) is 14.8. The van der Waals surface area contributed by atoms with Crippen molar-refractivity contribution in [3.63, 3.8) is 0 Å². The molecule has 2 aromatic rings. The van der Waals surface area contributed by atoms with Crippen LogP contribution < -0.4 is 31.7 Å². The molecule has 2 aromatic carbocycles. The molecule has 6 N–H and O–H groups in total. The number of para-hydroxylation sites is 1. The van der Waals surface area contributed by atoms with Gasteiger partial charge in [-0.1, -0.05) is 36.4 Å². The molecule has 0 saturated carbocycles. The number of nitrogens with two attached hydrogens (primary N) is 1. The quantitative estimate of drug-likeness (QED) is 0.291. The van der Waals surface area contributed by atoms with Crippen molar-refractivity contribution < 1.29 is 33.4 Å². The van der Waals surface area contributed by atoms with Crippen LogP contribution in [0, 0.1) is 0 Å². The van der Waals surface area contributed by atoms with Gasteiger partial charge < -0.3 is 36.5 Å². The number of carbonyl (C=O) groups excluding carboxylic acids is 5. The van der Waals surface area contributed by atoms with Gasteiger partial charge in [-0.05, 0) is 36.1 Å². The molecule has 0 spiro atoms. The Morgan fingerprint density at radius 3 is 2.55 bits per heavy atom. The fourth-order valence-corrected chi connectivity index (χ4v) is 4.99. The third-order valence-electron chi connectivity index (χ3n) is 7.32. The van der Waals surface area contributed by atoms with E-state index in [0.717, 1.165) is 30.8 Å². The van der Waals surface area contributed by atoms with E-state index >= 15 is 0 Å². The largest absolute Gasteiger partial charge is 0.493 e. The molecule has 1 saturated heterocycles. The number of nitrogens with zero attached hydrogens (tertiary/aromatic N) is 1. The van der Waals surface area contributed by atoms with Gasteiger partial charge in [0.2, 0.25) is 23.6 Å². The summed E-state index contributed by atoms with van der Waals surface area (Å²) in [5.41, 5.74) is 7.53. The number of ether oxygens (including phenoxy) is 2. The van der Waals surface area contributed by atoms with Crippen LogP contribution in [0.4, 0.5) is 0 Å². The Labute approximate surface area is 256 Å². The summed E-state index contributed by atoms with van der Waals surface area (Å²) in [6.45, 7) is 4.52. The van der Waals surface area contributed by atoms with E-state index in [9.17, 15) is 24.0 Å². The third kappa shape index (κ3) is 10.1. The van der Waals surface area contributed by atoms with Gasteiger partial charge in [-0.2, -0.15) is 0 Å². The summed E-state index contributed by atoms with van der Waals surface area (Å²) in [6, 6.07) is 12.3. The van der Waals surface area contributed by atoms with Crippen molar-refractivity contribution in [3.8, 4) is 5.75 Å². The Kier molecular flexibility index (Phi) is 12.1. The highest BCUT2D eigenvalue weighted by molar-refractivity contribution is 6.00. The highest BCUT2D eigenvalue weighted by Crippen LogP contribution is 2.19. The summed E-state index contributed by atoms with van der Waals surface area (Å²) in [5.74, 6) is -2.55. The van der Waals surface area contributed by atoms with E-state index in [2.05, 4.69) is 26.2 Å². The molecule has 236 valence electrons. The number of benzene rings is 2. The van der Waals surface area contributed by atoms with Gasteiger partial charge in [0.15, 0.2) is 0 Å². The number of amides is 5. The van der Waals surface area contributed by atoms with Crippen molar-refractivity contribution in [2.75, 3.05) is 39.5 Å². The summed E-state index contributed by atoms with van der Waals surface area (Å²) in [6.07, 6.45) is -0.243. The Morgan fingerprint density at radius 2 is 1.75 bits per heavy atom. The minimum absolute atomic E-state index is 0.0611. The summed E-state index contributed by atoms with van der Waals surface area (Å²) in [7, 11) is 0. The second-order valence-electron chi connectivity index (χ2n) is 10.8. The second-order valence-corrected chi connectivity index (χ2v) is 10.8. The van der Waals surface area contributed by atoms with E-state index in [-0.39, 0.29) is 44.5 Å². The first kappa shape index (κ1) is 32.4. The van der Waals surface area contributed by atoms with Crippen LogP contribution in [-0.4, -0.2) is 86.0 Å². The summed E-state index contributed by atoms with van der Waals surface area (Å²) in [5, 5.41) is 10.8. The van der Waals surface area contributed by atoms with Gasteiger partial charge in [0.05, 0.1) is 31.8 Å². The number of primary amides is 1. The number of carbonyl (C=O) groups is 5. The van der Waals surface area contributed by atoms with Crippen LogP contribution in [0.1, 0.15) is 47.2 Å². The lowest BCUT2D eigenvalue weighted by atomic mass is 10.1. The average Bonchev–Trinajstić information content (AvgIpc) is 3.01. The Balaban J connectivity index is 1.47. The molecule has 1 fully saturated rings. The Morgan fingerprint density at radius 1 is 0.977 bits per heavy atom. The van der Waals surface area contributed by atoms with Crippen molar-refractivity contribution in [2.24, 2.45) is 5.73 Å². The van der Waals surface area contributed by atoms with Crippen LogP contribution in [-0.2, 0) is 37.0 Å². The van der Waals surface area contributed by atoms with Crippen LogP contribution in [0.3, 0.4) is 0 Å². The molecular weight excluding hydrogens is 568 g/mol. The van der Waals surface area contributed by atoms with Gasteiger partial charge in [0, 0.05) is 39.1 Å². The van der Waals surface area contributed by atoms with Gasteiger partial charge in [0.25, 0.3) is 5.91 Å². The molecule has 13 nitrogen and oxygen atoms in total. The summed E-state index contributed by atoms with van der Waals surface area (Å²) < 4.78 is 11.2. The number of hydrogen-bond donors (Lipinski definition) is 5. The highest BCUT2D eigenvalue weighted by Gasteiger charge is 2.27. The summed E-state index contributed by atoms with van der Waals surface area (Å²) in [4.78, 5) is 66.1. The van der Waals surface area contributed by atoms with Crippen LogP contribution in [0.25, 0.3) is 0 Å². The van der Waals surface area contributed by atoms with Gasteiger partial charge in [0.1, 0.15) is 17.8 Å². The van der Waals surface area contributed by atoms with Crippen molar-refractivity contribution >= 4 is 29.5 Å². The number of rotatable bonds is 7. The van der Waals surface area contributed by atoms with Crippen molar-refractivity contribution in [1.29, 1.82) is 0 Å². The number of hydrogen-bond acceptors (Lipinski definition) is 8. The minimum Gasteiger partial charge on any atom is -0.493 e. The molecule has 0 bridgehead atoms. The molecule has 0 radical (unpaired) electrons. The van der Waals surface area contributed by atoms with Crippen LogP contribution in [0.2, 0.25) is 0 Å². The smallest absolute Gasteiger partial charge is 0.255 e. The van der Waals surface area contributed by atoms with Gasteiger partial charge in [-0.3, -0.25) is 28.9 Å². The highest BCUT2D eigenvalue weighted by atomic mass is 16.5. The first-order chi connectivity index (χ1) is 21.3. The van der Waals surface area contributed by atoms with Crippen LogP contribution in [0.15, 0.2) is 48.5 Å². The lowest BCUT2D eigenvalue weighted by molar-refractivity contribution is -0.131. The molecule has 0 aliphatic carbocycles. The number of fused-ring (bicyclic) bond motifs is 1.